The van der Waals surface area contributed by atoms with Gasteiger partial charge in [0.15, 0.2) is 0 Å². The van der Waals surface area contributed by atoms with Crippen molar-refractivity contribution in [2.45, 2.75) is 33.6 Å². The Kier molecular flexibility index (Phi) is 9.79. The average Bonchev–Trinajstić information content (AvgIpc) is 2.15. The van der Waals surface area contributed by atoms with Gasteiger partial charge in [0, 0.05) is 0 Å². The minimum atomic E-state index is -1.35. The molecule has 0 aromatic heterocycles. The Balaban J connectivity index is 0. The number of carboxylic acid groups (broad SMARTS) is 2. The van der Waals surface area contributed by atoms with E-state index < -0.39 is 17.7 Å². The first-order valence-corrected chi connectivity index (χ1v) is 5.13. The van der Waals surface area contributed by atoms with Crippen LogP contribution in [0.4, 0.5) is 0 Å². The van der Waals surface area contributed by atoms with Gasteiger partial charge in [-0.15, -0.1) is 6.58 Å². The van der Waals surface area contributed by atoms with E-state index in [0.29, 0.717) is 6.42 Å². The third kappa shape index (κ3) is 9.17. The summed E-state index contributed by atoms with van der Waals surface area (Å²) in [6.07, 6.45) is 0.743. The Bertz CT molecular complexity index is 311. The van der Waals surface area contributed by atoms with Crippen LogP contribution >= 0.6 is 0 Å². The zero-order valence-corrected chi connectivity index (χ0v) is 10.7. The van der Waals surface area contributed by atoms with Gasteiger partial charge in [0.05, 0.1) is 12.7 Å². The normalized spacial score (nSPS) is 10.6. The molecule has 5 heteroatoms. The van der Waals surface area contributed by atoms with Crippen molar-refractivity contribution < 1.29 is 24.5 Å². The highest BCUT2D eigenvalue weighted by molar-refractivity contribution is 5.97. The van der Waals surface area contributed by atoms with Gasteiger partial charge in [-0.1, -0.05) is 18.9 Å². The lowest BCUT2D eigenvalue weighted by Gasteiger charge is -2.05. The molecule has 0 radical (unpaired) electrons. The van der Waals surface area contributed by atoms with Crippen LogP contribution in [0.3, 0.4) is 0 Å². The van der Waals surface area contributed by atoms with Gasteiger partial charge in [0.25, 0.3) is 0 Å². The first-order chi connectivity index (χ1) is 7.77. The molecule has 0 rings (SSSR count). The largest absolute Gasteiger partial charge is 0.489 e. The fraction of sp³-hybridized carbons (Fsp3) is 0.500. The Morgan fingerprint density at radius 1 is 1.18 bits per heavy atom. The second-order valence-corrected chi connectivity index (χ2v) is 3.58. The van der Waals surface area contributed by atoms with E-state index in [1.807, 2.05) is 13.8 Å². The molecule has 0 fully saturated rings. The highest BCUT2D eigenvalue weighted by Gasteiger charge is 2.19. The number of carbonyl (C=O) groups is 2. The molecule has 0 aliphatic heterocycles. The maximum atomic E-state index is 10.6. The molecule has 0 spiro atoms. The maximum absolute atomic E-state index is 10.6. The zero-order valence-electron chi connectivity index (χ0n) is 10.7. The van der Waals surface area contributed by atoms with E-state index in [2.05, 4.69) is 11.3 Å². The Hall–Kier alpha value is -1.78. The summed E-state index contributed by atoms with van der Waals surface area (Å²) >= 11 is 0. The van der Waals surface area contributed by atoms with Gasteiger partial charge in [0.2, 0.25) is 5.76 Å². The van der Waals surface area contributed by atoms with Gasteiger partial charge >= 0.3 is 11.9 Å². The monoisotopic (exact) mass is 244 g/mol. The summed E-state index contributed by atoms with van der Waals surface area (Å²) in [4.78, 5) is 21.1. The number of hydrogen-bond donors (Lipinski definition) is 2. The van der Waals surface area contributed by atoms with Gasteiger partial charge in [-0.3, -0.25) is 0 Å². The lowest BCUT2D eigenvalue weighted by Crippen LogP contribution is -2.12. The van der Waals surface area contributed by atoms with Crippen molar-refractivity contribution in [3.05, 3.63) is 23.5 Å². The molecule has 0 aromatic carbocycles. The topological polar surface area (TPSA) is 83.8 Å². The molecule has 98 valence electrons. The summed E-state index contributed by atoms with van der Waals surface area (Å²) in [6.45, 7) is 9.26. The van der Waals surface area contributed by atoms with Crippen LogP contribution in [-0.4, -0.2) is 29.3 Å². The van der Waals surface area contributed by atoms with E-state index in [1.54, 1.807) is 6.92 Å². The van der Waals surface area contributed by atoms with E-state index >= 15 is 0 Å². The Labute approximate surface area is 101 Å². The molecule has 0 amide bonds. The average molecular weight is 244 g/mol. The molecule has 0 aromatic rings. The summed E-state index contributed by atoms with van der Waals surface area (Å²) in [6, 6.07) is 0. The van der Waals surface area contributed by atoms with Crippen LogP contribution in [-0.2, 0) is 14.3 Å². The summed E-state index contributed by atoms with van der Waals surface area (Å²) in [7, 11) is 1.14. The first kappa shape index (κ1) is 17.6. The molecule has 0 unspecified atom stereocenters. The first-order valence-electron chi connectivity index (χ1n) is 5.13. The van der Waals surface area contributed by atoms with E-state index in [1.165, 1.54) is 5.57 Å². The lowest BCUT2D eigenvalue weighted by molar-refractivity contribution is -0.138. The van der Waals surface area contributed by atoms with Crippen LogP contribution in [0.5, 0.6) is 0 Å². The van der Waals surface area contributed by atoms with Crippen molar-refractivity contribution in [3.63, 3.8) is 0 Å². The van der Waals surface area contributed by atoms with Crippen LogP contribution in [0.1, 0.15) is 33.6 Å². The molecule has 0 aliphatic rings. The number of hydrogen-bond acceptors (Lipinski definition) is 3. The predicted molar refractivity (Wildman–Crippen MR) is 64.7 cm³/mol. The number of methoxy groups -OCH3 is 1. The highest BCUT2D eigenvalue weighted by Crippen LogP contribution is 2.12. The van der Waals surface area contributed by atoms with Crippen LogP contribution in [0.15, 0.2) is 23.5 Å². The zero-order chi connectivity index (χ0) is 14.0. The standard InChI is InChI=1S/C8H12O5.C4H8/c1-3-4-5(7(9)10)6(13-2)8(11)12;1-4(2)3/h3-4H2,1-2H3,(H,9,10)(H,11,12);1H2,2-3H3/b6-5+;. The Morgan fingerprint density at radius 3 is 1.76 bits per heavy atom. The predicted octanol–water partition coefficient (Wildman–Crippen LogP) is 2.44. The van der Waals surface area contributed by atoms with Crippen molar-refractivity contribution in [1.82, 2.24) is 0 Å². The fourth-order valence-corrected chi connectivity index (χ4v) is 0.907. The minimum Gasteiger partial charge on any atom is -0.489 e. The number of carboxylic acids is 2. The Morgan fingerprint density at radius 2 is 1.59 bits per heavy atom. The van der Waals surface area contributed by atoms with Crippen LogP contribution in [0.2, 0.25) is 0 Å². The SMILES string of the molecule is C=C(C)C.CCC/C(C(=O)O)=C(\OC)C(=O)O. The minimum absolute atomic E-state index is 0.185. The van der Waals surface area contributed by atoms with Crippen molar-refractivity contribution in [1.29, 1.82) is 0 Å². The number of ether oxygens (including phenoxy) is 1. The molecular formula is C12H20O5. The molecule has 0 bridgehead atoms. The molecule has 17 heavy (non-hydrogen) atoms. The number of aliphatic carboxylic acids is 2. The molecule has 5 nitrogen and oxygen atoms in total. The summed E-state index contributed by atoms with van der Waals surface area (Å²) in [5, 5.41) is 17.2. The second-order valence-electron chi connectivity index (χ2n) is 3.58. The molecule has 0 saturated heterocycles. The fourth-order valence-electron chi connectivity index (χ4n) is 0.907. The summed E-state index contributed by atoms with van der Waals surface area (Å²) < 4.78 is 4.49. The molecule has 0 atom stereocenters. The smallest absolute Gasteiger partial charge is 0.371 e. The third-order valence-corrected chi connectivity index (χ3v) is 1.43. The van der Waals surface area contributed by atoms with Gasteiger partial charge < -0.3 is 14.9 Å². The molecule has 0 saturated carbocycles. The van der Waals surface area contributed by atoms with Crippen LogP contribution in [0, 0.1) is 0 Å². The maximum Gasteiger partial charge on any atom is 0.371 e. The van der Waals surface area contributed by atoms with E-state index in [0.717, 1.165) is 7.11 Å². The number of rotatable bonds is 5. The van der Waals surface area contributed by atoms with Gasteiger partial charge in [-0.05, 0) is 20.3 Å². The molecule has 0 heterocycles. The highest BCUT2D eigenvalue weighted by atomic mass is 16.5. The molecule has 2 N–H and O–H groups in total. The molecular weight excluding hydrogens is 224 g/mol. The number of allylic oxidation sites excluding steroid dienone is 1. The van der Waals surface area contributed by atoms with Gasteiger partial charge in [-0.25, -0.2) is 9.59 Å². The van der Waals surface area contributed by atoms with Crippen molar-refractivity contribution in [3.8, 4) is 0 Å². The van der Waals surface area contributed by atoms with Crippen LogP contribution in [0.25, 0.3) is 0 Å². The third-order valence-electron chi connectivity index (χ3n) is 1.43. The van der Waals surface area contributed by atoms with E-state index in [-0.39, 0.29) is 12.0 Å². The van der Waals surface area contributed by atoms with Crippen LogP contribution < -0.4 is 0 Å². The second kappa shape index (κ2) is 9.45. The quantitative estimate of drug-likeness (QED) is 0.441. The van der Waals surface area contributed by atoms with Crippen molar-refractivity contribution in [2.24, 2.45) is 0 Å². The van der Waals surface area contributed by atoms with E-state index in [9.17, 15) is 9.59 Å². The lowest BCUT2D eigenvalue weighted by atomic mass is 10.1. The van der Waals surface area contributed by atoms with Gasteiger partial charge in [0.1, 0.15) is 0 Å². The van der Waals surface area contributed by atoms with Crippen molar-refractivity contribution >= 4 is 11.9 Å². The van der Waals surface area contributed by atoms with E-state index in [4.69, 9.17) is 10.2 Å². The van der Waals surface area contributed by atoms with Crippen molar-refractivity contribution in [2.75, 3.05) is 7.11 Å². The summed E-state index contributed by atoms with van der Waals surface area (Å²) in [5.41, 5.74) is 0.970. The molecule has 0 aliphatic carbocycles. The van der Waals surface area contributed by atoms with Gasteiger partial charge in [-0.2, -0.15) is 0 Å². The summed E-state index contributed by atoms with van der Waals surface area (Å²) in [5.74, 6) is -3.09.